The van der Waals surface area contributed by atoms with Crippen molar-refractivity contribution in [1.82, 2.24) is 5.32 Å². The van der Waals surface area contributed by atoms with Crippen LogP contribution in [0.15, 0.2) is 24.3 Å². The van der Waals surface area contributed by atoms with Crippen LogP contribution in [0.5, 0.6) is 0 Å². The van der Waals surface area contributed by atoms with E-state index < -0.39 is 35.7 Å². The number of halogens is 3. The molecule has 2 rings (SSSR count). The van der Waals surface area contributed by atoms with Crippen molar-refractivity contribution in [3.63, 3.8) is 0 Å². The topological polar surface area (TPSA) is 92.4 Å². The molecule has 0 aliphatic heterocycles. The highest BCUT2D eigenvalue weighted by atomic mass is 19.4. The molecule has 0 heterocycles. The molecule has 1 aliphatic carbocycles. The van der Waals surface area contributed by atoms with Gasteiger partial charge in [0.15, 0.2) is 6.10 Å². The van der Waals surface area contributed by atoms with E-state index in [0.29, 0.717) is 12.3 Å². The normalized spacial score (nSPS) is 17.4. The molecule has 0 bridgehead atoms. The molecule has 1 saturated carbocycles. The maximum Gasteiger partial charge on any atom is 0.416 e. The molecule has 8 heteroatoms. The third kappa shape index (κ3) is 4.69. The van der Waals surface area contributed by atoms with Gasteiger partial charge in [0.2, 0.25) is 5.91 Å². The van der Waals surface area contributed by atoms with Crippen LogP contribution in [0.1, 0.15) is 36.5 Å². The minimum Gasteiger partial charge on any atom is -0.378 e. The van der Waals surface area contributed by atoms with Gasteiger partial charge in [-0.05, 0) is 30.0 Å². The Balaban J connectivity index is 2.01. The van der Waals surface area contributed by atoms with E-state index in [2.05, 4.69) is 5.32 Å². The Labute approximate surface area is 130 Å². The van der Waals surface area contributed by atoms with Crippen LogP contribution in [0, 0.1) is 5.92 Å². The molecule has 0 unspecified atom stereocenters. The summed E-state index contributed by atoms with van der Waals surface area (Å²) in [5.74, 6) is -1.24. The van der Waals surface area contributed by atoms with Crippen LogP contribution in [0.25, 0.3) is 0 Å². The Kier molecular flexibility index (Phi) is 4.93. The predicted octanol–water partition coefficient (Wildman–Crippen LogP) is 1.51. The molecule has 1 aromatic carbocycles. The van der Waals surface area contributed by atoms with E-state index in [1.54, 1.807) is 0 Å². The van der Waals surface area contributed by atoms with Gasteiger partial charge in [0.05, 0.1) is 5.56 Å². The number of aliphatic hydroxyl groups excluding tert-OH is 1. The lowest BCUT2D eigenvalue weighted by molar-refractivity contribution is -0.137. The lowest BCUT2D eigenvalue weighted by atomic mass is 10.0. The number of amides is 2. The standard InChI is InChI=1S/C15H17F3N2O3/c16-15(17,18)10-5-3-9(4-6-10)12(21)14(23)20-11(13(19)22)7-8-1-2-8/h3-6,8,11-12,21H,1-2,7H2,(H2,19,22)(H,20,23)/t11-,12+/m1/s1. The molecule has 0 aromatic heterocycles. The summed E-state index contributed by atoms with van der Waals surface area (Å²) >= 11 is 0. The summed E-state index contributed by atoms with van der Waals surface area (Å²) in [6.45, 7) is 0. The van der Waals surface area contributed by atoms with Crippen molar-refractivity contribution in [2.24, 2.45) is 11.7 Å². The van der Waals surface area contributed by atoms with Gasteiger partial charge in [-0.25, -0.2) is 0 Å². The lowest BCUT2D eigenvalue weighted by Gasteiger charge is -2.18. The van der Waals surface area contributed by atoms with Gasteiger partial charge < -0.3 is 16.2 Å². The molecule has 1 fully saturated rings. The number of hydrogen-bond acceptors (Lipinski definition) is 3. The van der Waals surface area contributed by atoms with Gasteiger partial charge in [-0.2, -0.15) is 13.2 Å². The minimum absolute atomic E-state index is 0.00476. The largest absolute Gasteiger partial charge is 0.416 e. The smallest absolute Gasteiger partial charge is 0.378 e. The molecular formula is C15H17F3N2O3. The zero-order valence-corrected chi connectivity index (χ0v) is 12.1. The first-order valence-electron chi connectivity index (χ1n) is 7.13. The number of nitrogens with one attached hydrogen (secondary N) is 1. The molecule has 1 aliphatic rings. The second-order valence-corrected chi connectivity index (χ2v) is 5.66. The number of nitrogens with two attached hydrogens (primary N) is 1. The van der Waals surface area contributed by atoms with Crippen molar-refractivity contribution < 1.29 is 27.9 Å². The molecule has 0 radical (unpaired) electrons. The van der Waals surface area contributed by atoms with Gasteiger partial charge in [-0.1, -0.05) is 25.0 Å². The minimum atomic E-state index is -4.49. The summed E-state index contributed by atoms with van der Waals surface area (Å²) in [4.78, 5) is 23.3. The van der Waals surface area contributed by atoms with E-state index in [4.69, 9.17) is 5.73 Å². The number of carbonyl (C=O) groups is 2. The van der Waals surface area contributed by atoms with E-state index in [0.717, 1.165) is 37.1 Å². The molecule has 2 amide bonds. The zero-order chi connectivity index (χ0) is 17.2. The van der Waals surface area contributed by atoms with E-state index in [-0.39, 0.29) is 5.56 Å². The number of benzene rings is 1. The van der Waals surface area contributed by atoms with Crippen LogP contribution >= 0.6 is 0 Å². The van der Waals surface area contributed by atoms with Crippen molar-refractivity contribution in [2.45, 2.75) is 37.6 Å². The summed E-state index contributed by atoms with van der Waals surface area (Å²) in [6, 6.07) is 2.71. The molecule has 5 nitrogen and oxygen atoms in total. The highest BCUT2D eigenvalue weighted by molar-refractivity contribution is 5.89. The summed E-state index contributed by atoms with van der Waals surface area (Å²) in [5.41, 5.74) is 4.33. The summed E-state index contributed by atoms with van der Waals surface area (Å²) in [7, 11) is 0. The second-order valence-electron chi connectivity index (χ2n) is 5.66. The van der Waals surface area contributed by atoms with Crippen molar-refractivity contribution in [3.8, 4) is 0 Å². The fourth-order valence-corrected chi connectivity index (χ4v) is 2.19. The van der Waals surface area contributed by atoms with Gasteiger partial charge in [0, 0.05) is 0 Å². The molecule has 0 saturated heterocycles. The molecular weight excluding hydrogens is 313 g/mol. The fraction of sp³-hybridized carbons (Fsp3) is 0.467. The van der Waals surface area contributed by atoms with Crippen LogP contribution in [-0.4, -0.2) is 23.0 Å². The molecule has 4 N–H and O–H groups in total. The van der Waals surface area contributed by atoms with E-state index in [1.165, 1.54) is 0 Å². The molecule has 23 heavy (non-hydrogen) atoms. The van der Waals surface area contributed by atoms with Gasteiger partial charge in [-0.3, -0.25) is 9.59 Å². The van der Waals surface area contributed by atoms with Gasteiger partial charge in [0.25, 0.3) is 5.91 Å². The highest BCUT2D eigenvalue weighted by Gasteiger charge is 2.32. The van der Waals surface area contributed by atoms with Crippen molar-refractivity contribution in [3.05, 3.63) is 35.4 Å². The average molecular weight is 330 g/mol. The van der Waals surface area contributed by atoms with E-state index >= 15 is 0 Å². The number of rotatable bonds is 6. The SMILES string of the molecule is NC(=O)[C@@H](CC1CC1)NC(=O)[C@@H](O)c1ccc(C(F)(F)F)cc1. The average Bonchev–Trinajstić information content (AvgIpc) is 3.28. The molecule has 0 spiro atoms. The van der Waals surface area contributed by atoms with Crippen molar-refractivity contribution in [2.75, 3.05) is 0 Å². The number of alkyl halides is 3. The van der Waals surface area contributed by atoms with Crippen LogP contribution in [0.3, 0.4) is 0 Å². The molecule has 126 valence electrons. The first kappa shape index (κ1) is 17.3. The fourth-order valence-electron chi connectivity index (χ4n) is 2.19. The Morgan fingerprint density at radius 2 is 1.83 bits per heavy atom. The van der Waals surface area contributed by atoms with Gasteiger partial charge in [0.1, 0.15) is 6.04 Å². The quantitative estimate of drug-likeness (QED) is 0.738. The Hall–Kier alpha value is -2.09. The lowest BCUT2D eigenvalue weighted by Crippen LogP contribution is -2.46. The number of primary amides is 1. The maximum absolute atomic E-state index is 12.5. The first-order chi connectivity index (χ1) is 10.7. The highest BCUT2D eigenvalue weighted by Crippen LogP contribution is 2.33. The van der Waals surface area contributed by atoms with Gasteiger partial charge >= 0.3 is 6.18 Å². The zero-order valence-electron chi connectivity index (χ0n) is 12.1. The molecule has 1 aromatic rings. The van der Waals surface area contributed by atoms with Gasteiger partial charge in [-0.15, -0.1) is 0 Å². The third-order valence-corrected chi connectivity index (χ3v) is 3.73. The third-order valence-electron chi connectivity index (χ3n) is 3.73. The number of hydrogen-bond donors (Lipinski definition) is 3. The molecule has 2 atom stereocenters. The van der Waals surface area contributed by atoms with Crippen molar-refractivity contribution in [1.29, 1.82) is 0 Å². The Morgan fingerprint density at radius 1 is 1.26 bits per heavy atom. The van der Waals surface area contributed by atoms with E-state index in [9.17, 15) is 27.9 Å². The summed E-state index contributed by atoms with van der Waals surface area (Å²) in [5, 5.41) is 12.3. The monoisotopic (exact) mass is 330 g/mol. The van der Waals surface area contributed by atoms with Crippen LogP contribution in [-0.2, 0) is 15.8 Å². The van der Waals surface area contributed by atoms with Crippen molar-refractivity contribution >= 4 is 11.8 Å². The first-order valence-corrected chi connectivity index (χ1v) is 7.13. The van der Waals surface area contributed by atoms with Crippen LogP contribution in [0.2, 0.25) is 0 Å². The summed E-state index contributed by atoms with van der Waals surface area (Å²) in [6.07, 6.45) is -3.84. The summed E-state index contributed by atoms with van der Waals surface area (Å²) < 4.78 is 37.4. The van der Waals surface area contributed by atoms with Crippen LogP contribution < -0.4 is 11.1 Å². The predicted molar refractivity (Wildman–Crippen MR) is 74.9 cm³/mol. The number of aliphatic hydroxyl groups is 1. The Bertz CT molecular complexity index is 583. The second kappa shape index (κ2) is 6.57. The Morgan fingerprint density at radius 3 is 2.26 bits per heavy atom. The number of carbonyl (C=O) groups excluding carboxylic acids is 2. The van der Waals surface area contributed by atoms with E-state index in [1.807, 2.05) is 0 Å². The van der Waals surface area contributed by atoms with Crippen LogP contribution in [0.4, 0.5) is 13.2 Å². The maximum atomic E-state index is 12.5.